The highest BCUT2D eigenvalue weighted by molar-refractivity contribution is 7.98. The Morgan fingerprint density at radius 2 is 2.10 bits per heavy atom. The van der Waals surface area contributed by atoms with Gasteiger partial charge in [0.05, 0.1) is 4.90 Å². The Kier molecular flexibility index (Phi) is 7.65. The molecule has 0 spiro atoms. The molecule has 4 nitrogen and oxygen atoms in total. The Morgan fingerprint density at radius 3 is 2.71 bits per heavy atom. The number of sulfonamides is 1. The van der Waals surface area contributed by atoms with E-state index in [1.165, 1.54) is 22.5 Å². The highest BCUT2D eigenvalue weighted by Gasteiger charge is 2.21. The predicted molar refractivity (Wildman–Crippen MR) is 86.6 cm³/mol. The van der Waals surface area contributed by atoms with Crippen LogP contribution in [0.25, 0.3) is 0 Å². The zero-order chi connectivity index (χ0) is 15.9. The number of nitrogens with one attached hydrogen (secondary N) is 1. The number of benzene rings is 1. The maximum atomic E-state index is 13.7. The van der Waals surface area contributed by atoms with Gasteiger partial charge in [0, 0.05) is 31.5 Å². The fraction of sp³-hybridized carbons (Fsp3) is 0.571. The first-order valence-corrected chi connectivity index (χ1v) is 9.71. The average Bonchev–Trinajstić information content (AvgIpc) is 2.46. The van der Waals surface area contributed by atoms with Crippen LogP contribution in [0.5, 0.6) is 0 Å². The van der Waals surface area contributed by atoms with Crippen LogP contribution >= 0.6 is 11.8 Å². The van der Waals surface area contributed by atoms with Crippen LogP contribution in [0.2, 0.25) is 0 Å². The number of rotatable bonds is 9. The molecule has 0 aliphatic rings. The van der Waals surface area contributed by atoms with Gasteiger partial charge in [-0.05, 0) is 37.4 Å². The number of halogens is 1. The van der Waals surface area contributed by atoms with Crippen LogP contribution in [0.4, 0.5) is 4.39 Å². The van der Waals surface area contributed by atoms with E-state index < -0.39 is 10.0 Å². The van der Waals surface area contributed by atoms with Gasteiger partial charge in [-0.15, -0.1) is 0 Å². The summed E-state index contributed by atoms with van der Waals surface area (Å²) in [5.74, 6) is 0.339. The van der Waals surface area contributed by atoms with Gasteiger partial charge in [0.25, 0.3) is 0 Å². The maximum Gasteiger partial charge on any atom is 0.242 e. The minimum Gasteiger partial charge on any atom is -0.313 e. The highest BCUT2D eigenvalue weighted by Crippen LogP contribution is 2.18. The van der Waals surface area contributed by atoms with E-state index in [0.717, 1.165) is 18.7 Å². The van der Waals surface area contributed by atoms with Gasteiger partial charge in [0.1, 0.15) is 5.82 Å². The zero-order valence-electron chi connectivity index (χ0n) is 12.7. The molecule has 0 aliphatic carbocycles. The fourth-order valence-electron chi connectivity index (χ4n) is 1.77. The summed E-state index contributed by atoms with van der Waals surface area (Å²) >= 11 is 1.58. The summed E-state index contributed by atoms with van der Waals surface area (Å²) < 4.78 is 39.9. The fourth-order valence-corrected chi connectivity index (χ4v) is 3.56. The first kappa shape index (κ1) is 18.4. The molecule has 0 atom stereocenters. The van der Waals surface area contributed by atoms with Crippen molar-refractivity contribution in [2.75, 3.05) is 32.1 Å². The average molecular weight is 334 g/mol. The monoisotopic (exact) mass is 334 g/mol. The quantitative estimate of drug-likeness (QED) is 0.704. The van der Waals surface area contributed by atoms with Gasteiger partial charge in [-0.3, -0.25) is 0 Å². The van der Waals surface area contributed by atoms with Crippen molar-refractivity contribution in [3.63, 3.8) is 0 Å². The van der Waals surface area contributed by atoms with Crippen LogP contribution in [-0.4, -0.2) is 44.9 Å². The zero-order valence-corrected chi connectivity index (χ0v) is 14.4. The summed E-state index contributed by atoms with van der Waals surface area (Å²) in [5.41, 5.74) is 0.378. The smallest absolute Gasteiger partial charge is 0.242 e. The molecule has 0 bridgehead atoms. The molecule has 120 valence electrons. The van der Waals surface area contributed by atoms with E-state index >= 15 is 0 Å². The van der Waals surface area contributed by atoms with Gasteiger partial charge in [-0.1, -0.05) is 6.92 Å². The molecule has 0 fully saturated rings. The molecule has 1 aromatic rings. The van der Waals surface area contributed by atoms with E-state index in [2.05, 4.69) is 5.32 Å². The predicted octanol–water partition coefficient (Wildman–Crippen LogP) is 2.31. The van der Waals surface area contributed by atoms with E-state index in [9.17, 15) is 12.8 Å². The third kappa shape index (κ3) is 5.25. The van der Waals surface area contributed by atoms with Crippen molar-refractivity contribution in [1.82, 2.24) is 9.62 Å². The van der Waals surface area contributed by atoms with Crippen molar-refractivity contribution in [2.24, 2.45) is 0 Å². The van der Waals surface area contributed by atoms with Crippen molar-refractivity contribution >= 4 is 21.8 Å². The summed E-state index contributed by atoms with van der Waals surface area (Å²) in [6, 6.07) is 3.96. The number of thioether (sulfide) groups is 1. The highest BCUT2D eigenvalue weighted by atomic mass is 32.2. The SMILES string of the molecule is CCCNCc1cc(S(=O)(=O)N(C)CCSC)ccc1F. The molecule has 1 N–H and O–H groups in total. The molecule has 0 heterocycles. The van der Waals surface area contributed by atoms with Crippen LogP contribution < -0.4 is 5.32 Å². The molecule has 0 amide bonds. The standard InChI is InChI=1S/C14H23FN2O2S2/c1-4-7-16-11-12-10-13(5-6-14(12)15)21(18,19)17(2)8-9-20-3/h5-6,10,16H,4,7-9,11H2,1-3H3. The van der Waals surface area contributed by atoms with E-state index in [4.69, 9.17) is 0 Å². The van der Waals surface area contributed by atoms with Gasteiger partial charge in [0.15, 0.2) is 0 Å². The lowest BCUT2D eigenvalue weighted by Gasteiger charge is -2.17. The van der Waals surface area contributed by atoms with E-state index in [1.54, 1.807) is 18.8 Å². The molecule has 0 aromatic heterocycles. The normalized spacial score (nSPS) is 12.0. The Hall–Kier alpha value is -0.630. The molecule has 7 heteroatoms. The minimum absolute atomic E-state index is 0.140. The summed E-state index contributed by atoms with van der Waals surface area (Å²) in [6.07, 6.45) is 2.87. The Balaban J connectivity index is 2.94. The molecule has 0 unspecified atom stereocenters. The lowest BCUT2D eigenvalue weighted by molar-refractivity contribution is 0.488. The van der Waals surface area contributed by atoms with Crippen LogP contribution in [0.15, 0.2) is 23.1 Å². The van der Waals surface area contributed by atoms with Crippen LogP contribution in [0.3, 0.4) is 0 Å². The first-order valence-electron chi connectivity index (χ1n) is 6.88. The van der Waals surface area contributed by atoms with Gasteiger partial charge in [-0.25, -0.2) is 17.1 Å². The molecular formula is C14H23FN2O2S2. The molecule has 21 heavy (non-hydrogen) atoms. The van der Waals surface area contributed by atoms with Crippen LogP contribution in [-0.2, 0) is 16.6 Å². The summed E-state index contributed by atoms with van der Waals surface area (Å²) in [4.78, 5) is 0.140. The second-order valence-corrected chi connectivity index (χ2v) is 7.78. The Labute approximate surface area is 131 Å². The minimum atomic E-state index is -3.56. The molecule has 0 aliphatic heterocycles. The van der Waals surface area contributed by atoms with Crippen LogP contribution in [0, 0.1) is 5.82 Å². The third-order valence-corrected chi connectivity index (χ3v) is 5.52. The second kappa shape index (κ2) is 8.73. The van der Waals surface area contributed by atoms with Crippen molar-refractivity contribution < 1.29 is 12.8 Å². The van der Waals surface area contributed by atoms with E-state index in [1.807, 2.05) is 13.2 Å². The first-order chi connectivity index (χ1) is 9.93. The summed E-state index contributed by atoms with van der Waals surface area (Å²) in [5, 5.41) is 3.08. The lowest BCUT2D eigenvalue weighted by atomic mass is 10.2. The number of hydrogen-bond donors (Lipinski definition) is 1. The summed E-state index contributed by atoms with van der Waals surface area (Å²) in [6.45, 7) is 3.55. The number of hydrogen-bond acceptors (Lipinski definition) is 4. The molecule has 0 saturated heterocycles. The van der Waals surface area contributed by atoms with Crippen molar-refractivity contribution in [3.8, 4) is 0 Å². The van der Waals surface area contributed by atoms with Crippen molar-refractivity contribution in [3.05, 3.63) is 29.6 Å². The van der Waals surface area contributed by atoms with Gasteiger partial charge >= 0.3 is 0 Å². The Morgan fingerprint density at radius 1 is 1.38 bits per heavy atom. The molecule has 1 rings (SSSR count). The lowest BCUT2D eigenvalue weighted by Crippen LogP contribution is -2.29. The topological polar surface area (TPSA) is 49.4 Å². The molecule has 0 radical (unpaired) electrons. The molecule has 0 saturated carbocycles. The number of nitrogens with zero attached hydrogens (tertiary/aromatic N) is 1. The van der Waals surface area contributed by atoms with Crippen molar-refractivity contribution in [2.45, 2.75) is 24.8 Å². The Bertz CT molecular complexity index is 550. The third-order valence-electron chi connectivity index (χ3n) is 3.08. The van der Waals surface area contributed by atoms with E-state index in [-0.39, 0.29) is 10.7 Å². The van der Waals surface area contributed by atoms with E-state index in [0.29, 0.717) is 18.7 Å². The molecule has 1 aromatic carbocycles. The maximum absolute atomic E-state index is 13.7. The van der Waals surface area contributed by atoms with Crippen molar-refractivity contribution in [1.29, 1.82) is 0 Å². The van der Waals surface area contributed by atoms with Gasteiger partial charge < -0.3 is 5.32 Å². The second-order valence-electron chi connectivity index (χ2n) is 4.75. The van der Waals surface area contributed by atoms with Crippen LogP contribution in [0.1, 0.15) is 18.9 Å². The largest absolute Gasteiger partial charge is 0.313 e. The summed E-state index contributed by atoms with van der Waals surface area (Å²) in [7, 11) is -2.01. The van der Waals surface area contributed by atoms with Gasteiger partial charge in [0.2, 0.25) is 10.0 Å². The van der Waals surface area contributed by atoms with Gasteiger partial charge in [-0.2, -0.15) is 11.8 Å². The molecular weight excluding hydrogens is 311 g/mol.